The van der Waals surface area contributed by atoms with Crippen LogP contribution in [0, 0.1) is 0 Å². The Bertz CT molecular complexity index is 460. The first-order chi connectivity index (χ1) is 9.65. The fourth-order valence-electron chi connectivity index (χ4n) is 2.01. The monoisotopic (exact) mass is 278 g/mol. The van der Waals surface area contributed by atoms with Crippen molar-refractivity contribution in [3.05, 3.63) is 23.9 Å². The van der Waals surface area contributed by atoms with Gasteiger partial charge in [0, 0.05) is 30.4 Å². The Labute approximate surface area is 119 Å². The fraction of sp³-hybridized carbons (Fsp3) is 0.600. The second-order valence-electron chi connectivity index (χ2n) is 5.17. The highest BCUT2D eigenvalue weighted by Gasteiger charge is 2.32. The minimum atomic E-state index is -0.0575. The fourth-order valence-corrected chi connectivity index (χ4v) is 2.01. The van der Waals surface area contributed by atoms with Crippen LogP contribution in [0.1, 0.15) is 43.5 Å². The van der Waals surface area contributed by atoms with E-state index in [1.54, 1.807) is 23.2 Å². The van der Waals surface area contributed by atoms with E-state index in [4.69, 9.17) is 9.84 Å². The molecule has 0 bridgehead atoms. The molecule has 0 aliphatic heterocycles. The highest BCUT2D eigenvalue weighted by atomic mass is 16.5. The molecule has 1 fully saturated rings. The third kappa shape index (κ3) is 3.70. The largest absolute Gasteiger partial charge is 0.475 e. The lowest BCUT2D eigenvalue weighted by Crippen LogP contribution is -2.35. The maximum absolute atomic E-state index is 12.5. The van der Waals surface area contributed by atoms with Crippen molar-refractivity contribution in [3.8, 4) is 5.88 Å². The van der Waals surface area contributed by atoms with E-state index in [-0.39, 0.29) is 24.7 Å². The zero-order chi connectivity index (χ0) is 14.5. The van der Waals surface area contributed by atoms with Crippen LogP contribution in [0.3, 0.4) is 0 Å². The van der Waals surface area contributed by atoms with Gasteiger partial charge in [-0.2, -0.15) is 0 Å². The summed E-state index contributed by atoms with van der Waals surface area (Å²) < 4.78 is 5.64. The second-order valence-corrected chi connectivity index (χ2v) is 5.17. The van der Waals surface area contributed by atoms with Gasteiger partial charge >= 0.3 is 0 Å². The minimum Gasteiger partial charge on any atom is -0.475 e. The number of aliphatic hydroxyl groups is 1. The number of pyridine rings is 1. The quantitative estimate of drug-likeness (QED) is 0.827. The highest BCUT2D eigenvalue weighted by Crippen LogP contribution is 2.28. The maximum atomic E-state index is 12.5. The molecule has 0 radical (unpaired) electrons. The molecule has 1 atom stereocenters. The van der Waals surface area contributed by atoms with E-state index in [0.29, 0.717) is 18.0 Å². The van der Waals surface area contributed by atoms with E-state index < -0.39 is 0 Å². The molecule has 1 N–H and O–H groups in total. The number of aliphatic hydroxyl groups excluding tert-OH is 1. The van der Waals surface area contributed by atoms with E-state index in [0.717, 1.165) is 19.3 Å². The van der Waals surface area contributed by atoms with Crippen LogP contribution in [0.15, 0.2) is 18.3 Å². The van der Waals surface area contributed by atoms with Gasteiger partial charge in [-0.3, -0.25) is 4.79 Å². The summed E-state index contributed by atoms with van der Waals surface area (Å²) in [4.78, 5) is 18.3. The van der Waals surface area contributed by atoms with Gasteiger partial charge in [-0.05, 0) is 32.3 Å². The molecule has 1 aliphatic carbocycles. The average Bonchev–Trinajstić information content (AvgIpc) is 3.28. The number of amides is 1. The van der Waals surface area contributed by atoms with Crippen molar-refractivity contribution in [2.24, 2.45) is 0 Å². The lowest BCUT2D eigenvalue weighted by molar-refractivity contribution is 0.0706. The van der Waals surface area contributed by atoms with Crippen LogP contribution in [0.25, 0.3) is 0 Å². The average molecular weight is 278 g/mol. The van der Waals surface area contributed by atoms with Gasteiger partial charge in [-0.1, -0.05) is 6.92 Å². The molecule has 0 spiro atoms. The van der Waals surface area contributed by atoms with Gasteiger partial charge in [-0.15, -0.1) is 0 Å². The van der Waals surface area contributed by atoms with E-state index in [1.807, 2.05) is 13.8 Å². The Kier molecular flexibility index (Phi) is 4.95. The lowest BCUT2D eigenvalue weighted by atomic mass is 10.2. The number of ether oxygens (including phenoxy) is 1. The van der Waals surface area contributed by atoms with Crippen molar-refractivity contribution >= 4 is 5.91 Å². The molecule has 1 aromatic heterocycles. The van der Waals surface area contributed by atoms with Gasteiger partial charge in [0.2, 0.25) is 5.88 Å². The smallest absolute Gasteiger partial charge is 0.254 e. The van der Waals surface area contributed by atoms with Crippen LogP contribution in [-0.4, -0.2) is 46.2 Å². The van der Waals surface area contributed by atoms with Crippen LogP contribution < -0.4 is 4.74 Å². The molecule has 1 aromatic rings. The first-order valence-electron chi connectivity index (χ1n) is 7.20. The summed E-state index contributed by atoms with van der Waals surface area (Å²) >= 11 is 0. The van der Waals surface area contributed by atoms with Gasteiger partial charge in [0.15, 0.2) is 0 Å². The molecule has 0 aromatic carbocycles. The number of hydrogen-bond acceptors (Lipinski definition) is 4. The SMILES string of the molecule is CCC(C)Oc1cc(C(=O)N(CCO)C2CC2)ccn1. The van der Waals surface area contributed by atoms with E-state index >= 15 is 0 Å². The normalized spacial score (nSPS) is 15.8. The molecule has 1 aliphatic rings. The number of carbonyl (C=O) groups excluding carboxylic acids is 1. The molecule has 5 heteroatoms. The molecule has 1 amide bonds. The number of aromatic nitrogens is 1. The van der Waals surface area contributed by atoms with E-state index in [9.17, 15) is 4.79 Å². The summed E-state index contributed by atoms with van der Waals surface area (Å²) in [6.45, 7) is 4.38. The van der Waals surface area contributed by atoms with Crippen molar-refractivity contribution in [2.45, 2.75) is 45.3 Å². The number of carbonyl (C=O) groups is 1. The summed E-state index contributed by atoms with van der Waals surface area (Å²) in [6.07, 6.45) is 4.60. The van der Waals surface area contributed by atoms with E-state index in [1.165, 1.54) is 0 Å². The van der Waals surface area contributed by atoms with Crippen molar-refractivity contribution < 1.29 is 14.6 Å². The Morgan fingerprint density at radius 3 is 2.95 bits per heavy atom. The van der Waals surface area contributed by atoms with Gasteiger partial charge < -0.3 is 14.7 Å². The second kappa shape index (κ2) is 6.70. The standard InChI is InChI=1S/C15H22N2O3/c1-3-11(2)20-14-10-12(6-7-16-14)15(19)17(8-9-18)13-4-5-13/h6-7,10-11,13,18H,3-5,8-9H2,1-2H3. The predicted octanol–water partition coefficient (Wildman–Crippen LogP) is 1.86. The first kappa shape index (κ1) is 14.8. The Morgan fingerprint density at radius 1 is 1.60 bits per heavy atom. The van der Waals surface area contributed by atoms with Crippen LogP contribution in [0.5, 0.6) is 5.88 Å². The number of nitrogens with zero attached hydrogens (tertiary/aromatic N) is 2. The van der Waals surface area contributed by atoms with Crippen LogP contribution >= 0.6 is 0 Å². The third-order valence-electron chi connectivity index (χ3n) is 3.47. The molecule has 20 heavy (non-hydrogen) atoms. The molecule has 1 heterocycles. The number of hydrogen-bond donors (Lipinski definition) is 1. The van der Waals surface area contributed by atoms with Gasteiger partial charge in [0.1, 0.15) is 0 Å². The molecular weight excluding hydrogens is 256 g/mol. The minimum absolute atomic E-state index is 0.0104. The Morgan fingerprint density at radius 2 is 2.35 bits per heavy atom. The predicted molar refractivity (Wildman–Crippen MR) is 75.8 cm³/mol. The summed E-state index contributed by atoms with van der Waals surface area (Å²) in [6, 6.07) is 3.65. The van der Waals surface area contributed by atoms with Crippen molar-refractivity contribution in [1.29, 1.82) is 0 Å². The molecule has 110 valence electrons. The molecular formula is C15H22N2O3. The summed E-state index contributed by atoms with van der Waals surface area (Å²) in [5, 5.41) is 9.08. The summed E-state index contributed by atoms with van der Waals surface area (Å²) in [7, 11) is 0. The van der Waals surface area contributed by atoms with Gasteiger partial charge in [0.25, 0.3) is 5.91 Å². The van der Waals surface area contributed by atoms with Crippen molar-refractivity contribution in [1.82, 2.24) is 9.88 Å². The first-order valence-corrected chi connectivity index (χ1v) is 7.20. The Hall–Kier alpha value is -1.62. The lowest BCUT2D eigenvalue weighted by Gasteiger charge is -2.21. The van der Waals surface area contributed by atoms with Crippen molar-refractivity contribution in [3.63, 3.8) is 0 Å². The van der Waals surface area contributed by atoms with E-state index in [2.05, 4.69) is 4.98 Å². The highest BCUT2D eigenvalue weighted by molar-refractivity contribution is 5.94. The van der Waals surface area contributed by atoms with Crippen molar-refractivity contribution in [2.75, 3.05) is 13.2 Å². The third-order valence-corrected chi connectivity index (χ3v) is 3.47. The maximum Gasteiger partial charge on any atom is 0.254 e. The summed E-state index contributed by atoms with van der Waals surface area (Å²) in [5.41, 5.74) is 0.568. The number of rotatable bonds is 7. The zero-order valence-electron chi connectivity index (χ0n) is 12.1. The topological polar surface area (TPSA) is 62.7 Å². The van der Waals surface area contributed by atoms with Gasteiger partial charge in [-0.25, -0.2) is 4.98 Å². The van der Waals surface area contributed by atoms with Gasteiger partial charge in [0.05, 0.1) is 12.7 Å². The molecule has 1 unspecified atom stereocenters. The Balaban J connectivity index is 2.10. The zero-order valence-corrected chi connectivity index (χ0v) is 12.1. The molecule has 0 saturated heterocycles. The molecule has 1 saturated carbocycles. The summed E-state index contributed by atoms with van der Waals surface area (Å²) in [5.74, 6) is 0.419. The molecule has 5 nitrogen and oxygen atoms in total. The molecule has 2 rings (SSSR count). The van der Waals surface area contributed by atoms with Crippen LogP contribution in [0.4, 0.5) is 0 Å². The van der Waals surface area contributed by atoms with Crippen LogP contribution in [0.2, 0.25) is 0 Å². The van der Waals surface area contributed by atoms with Crippen LogP contribution in [-0.2, 0) is 0 Å².